The largest absolute Gasteiger partial charge is 0.377 e. The van der Waals surface area contributed by atoms with Gasteiger partial charge < -0.3 is 20.1 Å². The second-order valence-electron chi connectivity index (χ2n) is 2.95. The van der Waals surface area contributed by atoms with Gasteiger partial charge in [0.25, 0.3) is 0 Å². The molecule has 6 nitrogen and oxygen atoms in total. The SMILES string of the molecule is N[C@@H]1COCCN1OC(=O)CCC=O. The van der Waals surface area contributed by atoms with Crippen LogP contribution in [0.2, 0.25) is 0 Å². The first-order valence-corrected chi connectivity index (χ1v) is 4.48. The van der Waals surface area contributed by atoms with E-state index in [1.54, 1.807) is 0 Å². The number of hydrogen-bond acceptors (Lipinski definition) is 6. The van der Waals surface area contributed by atoms with Crippen molar-refractivity contribution in [3.8, 4) is 0 Å². The summed E-state index contributed by atoms with van der Waals surface area (Å²) in [5.74, 6) is -0.436. The topological polar surface area (TPSA) is 81.9 Å². The molecule has 0 aromatic rings. The predicted octanol–water partition coefficient (Wildman–Crippen LogP) is -0.959. The predicted molar refractivity (Wildman–Crippen MR) is 46.9 cm³/mol. The van der Waals surface area contributed by atoms with Gasteiger partial charge in [0.05, 0.1) is 26.2 Å². The lowest BCUT2D eigenvalue weighted by atomic mass is 10.3. The molecule has 1 fully saturated rings. The van der Waals surface area contributed by atoms with Gasteiger partial charge in [-0.1, -0.05) is 0 Å². The Morgan fingerprint density at radius 1 is 1.71 bits per heavy atom. The van der Waals surface area contributed by atoms with Crippen LogP contribution in [0.15, 0.2) is 0 Å². The zero-order valence-corrected chi connectivity index (χ0v) is 7.85. The van der Waals surface area contributed by atoms with Gasteiger partial charge in [0, 0.05) is 6.42 Å². The van der Waals surface area contributed by atoms with E-state index in [1.807, 2.05) is 0 Å². The molecule has 1 rings (SSSR count). The van der Waals surface area contributed by atoms with Crippen molar-refractivity contribution < 1.29 is 19.2 Å². The van der Waals surface area contributed by atoms with Gasteiger partial charge in [-0.15, -0.1) is 5.06 Å². The lowest BCUT2D eigenvalue weighted by molar-refractivity contribution is -0.222. The number of aldehydes is 1. The third kappa shape index (κ3) is 3.41. The number of carbonyl (C=O) groups is 2. The number of rotatable bonds is 4. The van der Waals surface area contributed by atoms with E-state index in [4.69, 9.17) is 15.3 Å². The molecule has 0 aromatic carbocycles. The van der Waals surface area contributed by atoms with Crippen LogP contribution in [0.1, 0.15) is 12.8 Å². The maximum Gasteiger partial charge on any atom is 0.325 e. The molecule has 1 atom stereocenters. The number of hydrogen-bond donors (Lipinski definition) is 1. The molecule has 0 aromatic heterocycles. The third-order valence-electron chi connectivity index (χ3n) is 1.80. The molecule has 1 aliphatic rings. The van der Waals surface area contributed by atoms with Crippen molar-refractivity contribution >= 4 is 12.3 Å². The van der Waals surface area contributed by atoms with Crippen LogP contribution >= 0.6 is 0 Å². The number of nitrogens with two attached hydrogens (primary N) is 1. The molecule has 1 heterocycles. The van der Waals surface area contributed by atoms with E-state index in [-0.39, 0.29) is 12.8 Å². The fraction of sp³-hybridized carbons (Fsp3) is 0.750. The van der Waals surface area contributed by atoms with Crippen LogP contribution in [0.25, 0.3) is 0 Å². The van der Waals surface area contributed by atoms with Crippen molar-refractivity contribution in [2.45, 2.75) is 19.0 Å². The van der Waals surface area contributed by atoms with Crippen molar-refractivity contribution in [3.63, 3.8) is 0 Å². The molecular formula is C8H14N2O4. The Balaban J connectivity index is 2.27. The zero-order chi connectivity index (χ0) is 10.4. The molecule has 2 N–H and O–H groups in total. The maximum absolute atomic E-state index is 11.1. The molecule has 1 saturated heterocycles. The summed E-state index contributed by atoms with van der Waals surface area (Å²) in [5.41, 5.74) is 5.61. The zero-order valence-electron chi connectivity index (χ0n) is 7.85. The second-order valence-corrected chi connectivity index (χ2v) is 2.95. The van der Waals surface area contributed by atoms with Gasteiger partial charge in [-0.3, -0.25) is 4.79 Å². The first kappa shape index (κ1) is 11.1. The van der Waals surface area contributed by atoms with Gasteiger partial charge in [-0.25, -0.2) is 0 Å². The third-order valence-corrected chi connectivity index (χ3v) is 1.80. The van der Waals surface area contributed by atoms with Crippen LogP contribution in [-0.4, -0.2) is 43.2 Å². The second kappa shape index (κ2) is 5.69. The highest BCUT2D eigenvalue weighted by molar-refractivity contribution is 5.72. The highest BCUT2D eigenvalue weighted by Crippen LogP contribution is 2.04. The summed E-state index contributed by atoms with van der Waals surface area (Å²) in [4.78, 5) is 26.0. The van der Waals surface area contributed by atoms with Gasteiger partial charge >= 0.3 is 5.97 Å². The molecule has 80 valence electrons. The molecule has 14 heavy (non-hydrogen) atoms. The minimum atomic E-state index is -0.436. The normalized spacial score (nSPS) is 23.1. The van der Waals surface area contributed by atoms with Crippen LogP contribution < -0.4 is 5.73 Å². The minimum Gasteiger partial charge on any atom is -0.377 e. The summed E-state index contributed by atoms with van der Waals surface area (Å²) in [6.07, 6.45) is 0.538. The molecular weight excluding hydrogens is 188 g/mol. The van der Waals surface area contributed by atoms with Gasteiger partial charge in [-0.05, 0) is 0 Å². The van der Waals surface area contributed by atoms with Crippen molar-refractivity contribution in [1.82, 2.24) is 5.06 Å². The van der Waals surface area contributed by atoms with Crippen molar-refractivity contribution in [1.29, 1.82) is 0 Å². The van der Waals surface area contributed by atoms with E-state index in [2.05, 4.69) is 0 Å². The summed E-state index contributed by atoms with van der Waals surface area (Å²) in [7, 11) is 0. The number of ether oxygens (including phenoxy) is 1. The van der Waals surface area contributed by atoms with Gasteiger partial charge in [0.1, 0.15) is 12.5 Å². The van der Waals surface area contributed by atoms with Crippen molar-refractivity contribution in [2.24, 2.45) is 5.73 Å². The molecule has 6 heteroatoms. The van der Waals surface area contributed by atoms with Gasteiger partial charge in [0.2, 0.25) is 0 Å². The van der Waals surface area contributed by atoms with E-state index >= 15 is 0 Å². The molecule has 0 saturated carbocycles. The van der Waals surface area contributed by atoms with Crippen LogP contribution in [0.4, 0.5) is 0 Å². The number of carbonyl (C=O) groups excluding carboxylic acids is 2. The summed E-state index contributed by atoms with van der Waals surface area (Å²) >= 11 is 0. The summed E-state index contributed by atoms with van der Waals surface area (Å²) in [5, 5.41) is 1.39. The van der Waals surface area contributed by atoms with E-state index in [0.29, 0.717) is 26.0 Å². The van der Waals surface area contributed by atoms with Crippen LogP contribution in [0, 0.1) is 0 Å². The standard InChI is InChI=1S/C8H14N2O4/c9-7-6-13-5-3-10(7)14-8(12)2-1-4-11/h4,7H,1-3,5-6,9H2/t7-/m0/s1. The van der Waals surface area contributed by atoms with Crippen LogP contribution in [-0.2, 0) is 19.2 Å². The average molecular weight is 202 g/mol. The number of hydroxylamine groups is 2. The molecule has 0 unspecified atom stereocenters. The number of morpholine rings is 1. The lowest BCUT2D eigenvalue weighted by Gasteiger charge is -2.30. The minimum absolute atomic E-state index is 0.0909. The van der Waals surface area contributed by atoms with E-state index in [9.17, 15) is 9.59 Å². The smallest absolute Gasteiger partial charge is 0.325 e. The highest BCUT2D eigenvalue weighted by atomic mass is 16.7. The number of nitrogens with zero attached hydrogens (tertiary/aromatic N) is 1. The summed E-state index contributed by atoms with van der Waals surface area (Å²) in [6.45, 7) is 1.31. The van der Waals surface area contributed by atoms with Crippen molar-refractivity contribution in [3.05, 3.63) is 0 Å². The van der Waals surface area contributed by atoms with Crippen molar-refractivity contribution in [2.75, 3.05) is 19.8 Å². The van der Waals surface area contributed by atoms with Crippen LogP contribution in [0.5, 0.6) is 0 Å². The Morgan fingerprint density at radius 3 is 3.14 bits per heavy atom. The molecule has 0 aliphatic carbocycles. The average Bonchev–Trinajstić information content (AvgIpc) is 2.18. The Hall–Kier alpha value is -0.980. The molecule has 0 radical (unpaired) electrons. The van der Waals surface area contributed by atoms with Crippen LogP contribution in [0.3, 0.4) is 0 Å². The molecule has 1 aliphatic heterocycles. The maximum atomic E-state index is 11.1. The highest BCUT2D eigenvalue weighted by Gasteiger charge is 2.22. The molecule has 0 amide bonds. The van der Waals surface area contributed by atoms with Gasteiger partial charge in [0.15, 0.2) is 0 Å². The Bertz CT molecular complexity index is 210. The fourth-order valence-corrected chi connectivity index (χ4v) is 1.07. The summed E-state index contributed by atoms with van der Waals surface area (Å²) < 4.78 is 5.06. The Labute approximate surface area is 81.9 Å². The Morgan fingerprint density at radius 2 is 2.50 bits per heavy atom. The first-order chi connectivity index (χ1) is 6.74. The molecule has 0 bridgehead atoms. The van der Waals surface area contributed by atoms with E-state index in [1.165, 1.54) is 5.06 Å². The van der Waals surface area contributed by atoms with Gasteiger partial charge in [-0.2, -0.15) is 0 Å². The lowest BCUT2D eigenvalue weighted by Crippen LogP contribution is -2.51. The monoisotopic (exact) mass is 202 g/mol. The fourth-order valence-electron chi connectivity index (χ4n) is 1.07. The first-order valence-electron chi connectivity index (χ1n) is 4.48. The molecule has 0 spiro atoms. The quantitative estimate of drug-likeness (QED) is 0.591. The Kier molecular flexibility index (Phi) is 4.51. The van der Waals surface area contributed by atoms with E-state index in [0.717, 1.165) is 0 Å². The van der Waals surface area contributed by atoms with E-state index < -0.39 is 12.1 Å². The summed E-state index contributed by atoms with van der Waals surface area (Å²) in [6, 6.07) is 0.